The fourth-order valence-electron chi connectivity index (χ4n) is 2.35. The number of nitriles is 2. The van der Waals surface area contributed by atoms with Crippen molar-refractivity contribution in [1.29, 1.82) is 10.5 Å². The second kappa shape index (κ2) is 10.2. The van der Waals surface area contributed by atoms with E-state index in [4.69, 9.17) is 10.5 Å². The normalized spacial score (nSPS) is 10.7. The van der Waals surface area contributed by atoms with Gasteiger partial charge in [-0.2, -0.15) is 10.5 Å². The molecule has 0 fully saturated rings. The SMILES string of the molecule is CN(/C=C\C(=C\C=C(C#N)C#N)c1ccccc1)CC(=O)c1ccccc1. The number of rotatable bonds is 7. The van der Waals surface area contributed by atoms with Gasteiger partial charge in [0, 0.05) is 12.6 Å². The largest absolute Gasteiger partial charge is 0.373 e. The molecule has 0 bridgehead atoms. The molecule has 0 radical (unpaired) electrons. The first-order chi connectivity index (χ1) is 13.1. The molecule has 0 aliphatic carbocycles. The van der Waals surface area contributed by atoms with E-state index in [1.54, 1.807) is 23.1 Å². The topological polar surface area (TPSA) is 67.9 Å². The van der Waals surface area contributed by atoms with Crippen molar-refractivity contribution in [2.24, 2.45) is 0 Å². The molecule has 4 heteroatoms. The number of benzene rings is 2. The van der Waals surface area contributed by atoms with Crippen molar-refractivity contribution in [1.82, 2.24) is 4.90 Å². The third-order valence-electron chi connectivity index (χ3n) is 3.77. The van der Waals surface area contributed by atoms with Crippen LogP contribution in [-0.2, 0) is 0 Å². The van der Waals surface area contributed by atoms with Crippen molar-refractivity contribution in [2.75, 3.05) is 13.6 Å². The van der Waals surface area contributed by atoms with Crippen LogP contribution < -0.4 is 0 Å². The van der Waals surface area contributed by atoms with Crippen LogP contribution in [0.2, 0.25) is 0 Å². The summed E-state index contributed by atoms with van der Waals surface area (Å²) in [6.07, 6.45) is 6.88. The maximum Gasteiger partial charge on any atom is 0.182 e. The lowest BCUT2D eigenvalue weighted by Crippen LogP contribution is -2.20. The minimum Gasteiger partial charge on any atom is -0.373 e. The van der Waals surface area contributed by atoms with Gasteiger partial charge in [-0.3, -0.25) is 4.79 Å². The standard InChI is InChI=1S/C23H19N3O/c1-26(18-23(27)22-10-6-3-7-11-22)15-14-21(13-12-19(16-24)17-25)20-8-4-2-5-9-20/h2-15H,18H2,1H3/b15-14-,21-13-. The number of hydrogen-bond acceptors (Lipinski definition) is 4. The van der Waals surface area contributed by atoms with Gasteiger partial charge in [0.1, 0.15) is 17.7 Å². The molecule has 0 heterocycles. The van der Waals surface area contributed by atoms with Gasteiger partial charge in [0.2, 0.25) is 0 Å². The first kappa shape index (κ1) is 19.4. The van der Waals surface area contributed by atoms with Crippen molar-refractivity contribution in [3.63, 3.8) is 0 Å². The summed E-state index contributed by atoms with van der Waals surface area (Å²) in [7, 11) is 1.83. The molecule has 0 spiro atoms. The Labute approximate surface area is 159 Å². The van der Waals surface area contributed by atoms with Gasteiger partial charge in [-0.05, 0) is 29.5 Å². The van der Waals surface area contributed by atoms with E-state index in [1.165, 1.54) is 6.08 Å². The second-order valence-corrected chi connectivity index (χ2v) is 5.81. The van der Waals surface area contributed by atoms with Crippen LogP contribution in [0.5, 0.6) is 0 Å². The summed E-state index contributed by atoms with van der Waals surface area (Å²) >= 11 is 0. The van der Waals surface area contributed by atoms with E-state index in [9.17, 15) is 4.79 Å². The first-order valence-electron chi connectivity index (χ1n) is 8.38. The zero-order chi connectivity index (χ0) is 19.5. The Morgan fingerprint density at radius 1 is 0.926 bits per heavy atom. The zero-order valence-electron chi connectivity index (χ0n) is 15.0. The molecule has 0 unspecified atom stereocenters. The lowest BCUT2D eigenvalue weighted by molar-refractivity contribution is 0.0964. The predicted molar refractivity (Wildman–Crippen MR) is 106 cm³/mol. The van der Waals surface area contributed by atoms with Gasteiger partial charge in [0.15, 0.2) is 5.78 Å². The number of likely N-dealkylation sites (N-methyl/N-ethyl adjacent to an activating group) is 1. The fourth-order valence-corrected chi connectivity index (χ4v) is 2.35. The number of carbonyl (C=O) groups excluding carboxylic acids is 1. The van der Waals surface area contributed by atoms with E-state index in [2.05, 4.69) is 0 Å². The summed E-state index contributed by atoms with van der Waals surface area (Å²) in [5.41, 5.74) is 2.48. The minimum absolute atomic E-state index is 0.0316. The van der Waals surface area contributed by atoms with E-state index in [0.29, 0.717) is 5.56 Å². The quantitative estimate of drug-likeness (QED) is 0.421. The highest BCUT2D eigenvalue weighted by Gasteiger charge is 2.06. The molecule has 0 amide bonds. The average Bonchev–Trinajstić information content (AvgIpc) is 2.72. The molecule has 132 valence electrons. The molecule has 2 aromatic carbocycles. The lowest BCUT2D eigenvalue weighted by atomic mass is 10.0. The van der Waals surface area contributed by atoms with E-state index < -0.39 is 0 Å². The molecule has 0 saturated heterocycles. The molecule has 0 saturated carbocycles. The average molecular weight is 353 g/mol. The van der Waals surface area contributed by atoms with Crippen LogP contribution in [0.4, 0.5) is 0 Å². The van der Waals surface area contributed by atoms with Crippen LogP contribution in [-0.4, -0.2) is 24.3 Å². The van der Waals surface area contributed by atoms with Crippen LogP contribution in [0.15, 0.2) is 90.7 Å². The molecular weight excluding hydrogens is 334 g/mol. The van der Waals surface area contributed by atoms with E-state index in [-0.39, 0.29) is 17.9 Å². The molecule has 27 heavy (non-hydrogen) atoms. The third-order valence-corrected chi connectivity index (χ3v) is 3.77. The Morgan fingerprint density at radius 2 is 1.48 bits per heavy atom. The summed E-state index contributed by atoms with van der Waals surface area (Å²) in [6.45, 7) is 0.250. The highest BCUT2D eigenvalue weighted by Crippen LogP contribution is 2.16. The number of ketones is 1. The van der Waals surface area contributed by atoms with Crippen LogP contribution >= 0.6 is 0 Å². The number of allylic oxidation sites excluding steroid dienone is 5. The van der Waals surface area contributed by atoms with E-state index >= 15 is 0 Å². The number of Topliss-reactive ketones (excluding diaryl/α,β-unsaturated/α-hetero) is 1. The van der Waals surface area contributed by atoms with Crippen LogP contribution in [0.3, 0.4) is 0 Å². The van der Waals surface area contributed by atoms with Gasteiger partial charge in [0.25, 0.3) is 0 Å². The van der Waals surface area contributed by atoms with Gasteiger partial charge in [-0.15, -0.1) is 0 Å². The first-order valence-corrected chi connectivity index (χ1v) is 8.38. The highest BCUT2D eigenvalue weighted by atomic mass is 16.1. The van der Waals surface area contributed by atoms with Gasteiger partial charge >= 0.3 is 0 Å². The summed E-state index contributed by atoms with van der Waals surface area (Å²) < 4.78 is 0. The summed E-state index contributed by atoms with van der Waals surface area (Å²) in [5, 5.41) is 17.8. The molecule has 0 aromatic heterocycles. The Bertz CT molecular complexity index is 927. The number of hydrogen-bond donors (Lipinski definition) is 0. The highest BCUT2D eigenvalue weighted by molar-refractivity contribution is 5.97. The Kier molecular flexibility index (Phi) is 7.33. The molecule has 2 aromatic rings. The molecule has 2 rings (SSSR count). The molecule has 0 aliphatic heterocycles. The van der Waals surface area contributed by atoms with E-state index in [1.807, 2.05) is 80.0 Å². The summed E-state index contributed by atoms with van der Waals surface area (Å²) in [6, 6.07) is 22.5. The van der Waals surface area contributed by atoms with E-state index in [0.717, 1.165) is 11.1 Å². The van der Waals surface area contributed by atoms with Crippen molar-refractivity contribution in [3.05, 3.63) is 102 Å². The maximum absolute atomic E-state index is 12.3. The molecular formula is C23H19N3O. The van der Waals surface area contributed by atoms with Crippen molar-refractivity contribution >= 4 is 11.4 Å². The fraction of sp³-hybridized carbons (Fsp3) is 0.0870. The third kappa shape index (κ3) is 6.16. The molecule has 4 nitrogen and oxygen atoms in total. The molecule has 0 atom stereocenters. The summed E-state index contributed by atoms with van der Waals surface area (Å²) in [4.78, 5) is 14.1. The molecule has 0 aliphatic rings. The van der Waals surface area contributed by atoms with Crippen molar-refractivity contribution < 1.29 is 4.79 Å². The number of carbonyl (C=O) groups is 1. The Hall–Kier alpha value is -3.89. The van der Waals surface area contributed by atoms with Crippen molar-refractivity contribution in [2.45, 2.75) is 0 Å². The second-order valence-electron chi connectivity index (χ2n) is 5.81. The van der Waals surface area contributed by atoms with Gasteiger partial charge in [0.05, 0.1) is 6.54 Å². The van der Waals surface area contributed by atoms with Crippen LogP contribution in [0.25, 0.3) is 5.57 Å². The van der Waals surface area contributed by atoms with Crippen molar-refractivity contribution in [3.8, 4) is 12.1 Å². The Balaban J connectivity index is 2.18. The number of nitrogens with zero attached hydrogens (tertiary/aromatic N) is 3. The van der Waals surface area contributed by atoms with Crippen LogP contribution in [0, 0.1) is 22.7 Å². The monoisotopic (exact) mass is 353 g/mol. The maximum atomic E-state index is 12.3. The van der Waals surface area contributed by atoms with Gasteiger partial charge in [-0.1, -0.05) is 66.7 Å². The summed E-state index contributed by atoms with van der Waals surface area (Å²) in [5.74, 6) is 0.0316. The minimum atomic E-state index is 0.0316. The van der Waals surface area contributed by atoms with Gasteiger partial charge in [-0.25, -0.2) is 0 Å². The van der Waals surface area contributed by atoms with Crippen LogP contribution in [0.1, 0.15) is 15.9 Å². The smallest absolute Gasteiger partial charge is 0.182 e. The molecule has 0 N–H and O–H groups in total. The predicted octanol–water partition coefficient (Wildman–Crippen LogP) is 4.37. The zero-order valence-corrected chi connectivity index (χ0v) is 15.0. The Morgan fingerprint density at radius 3 is 2.04 bits per heavy atom. The lowest BCUT2D eigenvalue weighted by Gasteiger charge is -2.13. The van der Waals surface area contributed by atoms with Gasteiger partial charge < -0.3 is 4.90 Å².